The summed E-state index contributed by atoms with van der Waals surface area (Å²) in [5.41, 5.74) is 17.5. The molecule has 4 nitrogen and oxygen atoms in total. The first kappa shape index (κ1) is 40.2. The molecular formula is C57H57N3O. The fraction of sp³-hybridized carbons (Fsp3) is 0.263. The molecule has 61 heavy (non-hydrogen) atoms. The van der Waals surface area contributed by atoms with Crippen molar-refractivity contribution in [1.29, 1.82) is 0 Å². The van der Waals surface area contributed by atoms with Crippen molar-refractivity contribution >= 4 is 11.0 Å². The average molecular weight is 800 g/mol. The lowest BCUT2D eigenvalue weighted by Crippen LogP contribution is -2.17. The van der Waals surface area contributed by atoms with Gasteiger partial charge in [-0.25, -0.2) is 4.98 Å². The van der Waals surface area contributed by atoms with Crippen molar-refractivity contribution in [3.8, 4) is 67.5 Å². The minimum atomic E-state index is -0.321. The zero-order valence-corrected chi connectivity index (χ0v) is 37.6. The van der Waals surface area contributed by atoms with Gasteiger partial charge in [-0.2, -0.15) is 0 Å². The van der Waals surface area contributed by atoms with Gasteiger partial charge in [0.1, 0.15) is 11.6 Å². The van der Waals surface area contributed by atoms with E-state index in [1.54, 1.807) is 0 Å². The summed E-state index contributed by atoms with van der Waals surface area (Å²) < 4.78 is 2.31. The standard InChI is InChI=1S/C57H57N3O/c1-54(2,3)37-27-28-48(41(32-37)35-20-13-12-14-21-35)60-49-26-19-23-40(51(49)59-53(60)44-33-38(55(4,5)6)34-46(52(44)61)56(7,8)9)43-31-36(47-25-17-18-29-58-47)30-42-39-22-15-16-24-45(39)57(10,11)50(42)43/h12-34,61H,1-11H3. The van der Waals surface area contributed by atoms with E-state index in [4.69, 9.17) is 9.97 Å². The van der Waals surface area contributed by atoms with E-state index in [1.165, 1.54) is 27.8 Å². The second-order valence-corrected chi connectivity index (χ2v) is 20.5. The highest BCUT2D eigenvalue weighted by Crippen LogP contribution is 2.54. The number of aromatic nitrogens is 3. The van der Waals surface area contributed by atoms with Crippen LogP contribution >= 0.6 is 0 Å². The summed E-state index contributed by atoms with van der Waals surface area (Å²) in [6.45, 7) is 24.7. The number of imidazole rings is 1. The quantitative estimate of drug-likeness (QED) is 0.189. The number of nitrogens with zero attached hydrogens (tertiary/aromatic N) is 3. The van der Waals surface area contributed by atoms with Crippen molar-refractivity contribution in [2.75, 3.05) is 0 Å². The third-order valence-electron chi connectivity index (χ3n) is 12.8. The van der Waals surface area contributed by atoms with Crippen LogP contribution in [0.2, 0.25) is 0 Å². The highest BCUT2D eigenvalue weighted by Gasteiger charge is 2.39. The molecule has 1 N–H and O–H groups in total. The Bertz CT molecular complexity index is 2990. The molecule has 0 amide bonds. The molecule has 9 rings (SSSR count). The lowest BCUT2D eigenvalue weighted by molar-refractivity contribution is 0.446. The predicted octanol–water partition coefficient (Wildman–Crippen LogP) is 15.0. The van der Waals surface area contributed by atoms with Crippen LogP contribution in [-0.4, -0.2) is 19.6 Å². The number of para-hydroxylation sites is 1. The van der Waals surface area contributed by atoms with Crippen molar-refractivity contribution in [2.45, 2.75) is 97.8 Å². The maximum Gasteiger partial charge on any atom is 0.149 e. The molecule has 6 aromatic carbocycles. The number of pyridine rings is 1. The van der Waals surface area contributed by atoms with Crippen molar-refractivity contribution in [2.24, 2.45) is 0 Å². The van der Waals surface area contributed by atoms with Gasteiger partial charge in [0, 0.05) is 33.9 Å². The van der Waals surface area contributed by atoms with Crippen LogP contribution in [0.15, 0.2) is 140 Å². The zero-order chi connectivity index (χ0) is 43.2. The summed E-state index contributed by atoms with van der Waals surface area (Å²) in [5, 5.41) is 12.6. The number of rotatable bonds is 5. The van der Waals surface area contributed by atoms with E-state index in [1.807, 2.05) is 12.3 Å². The van der Waals surface area contributed by atoms with E-state index in [9.17, 15) is 5.11 Å². The van der Waals surface area contributed by atoms with Gasteiger partial charge < -0.3 is 5.11 Å². The van der Waals surface area contributed by atoms with Crippen LogP contribution < -0.4 is 0 Å². The minimum Gasteiger partial charge on any atom is -0.507 e. The Morgan fingerprint density at radius 2 is 1.16 bits per heavy atom. The van der Waals surface area contributed by atoms with E-state index in [2.05, 4.69) is 208 Å². The summed E-state index contributed by atoms with van der Waals surface area (Å²) in [7, 11) is 0. The molecule has 0 saturated carbocycles. The van der Waals surface area contributed by atoms with Crippen LogP contribution in [0.1, 0.15) is 104 Å². The molecule has 0 atom stereocenters. The number of hydrogen-bond donors (Lipinski definition) is 1. The van der Waals surface area contributed by atoms with Gasteiger partial charge >= 0.3 is 0 Å². The molecule has 1 aliphatic carbocycles. The number of aromatic hydroxyl groups is 1. The van der Waals surface area contributed by atoms with Gasteiger partial charge in [-0.05, 0) is 109 Å². The molecule has 1 aliphatic rings. The Kier molecular flexibility index (Phi) is 9.32. The highest BCUT2D eigenvalue weighted by molar-refractivity contribution is 6.01. The van der Waals surface area contributed by atoms with E-state index in [-0.39, 0.29) is 27.4 Å². The van der Waals surface area contributed by atoms with Crippen LogP contribution in [0.25, 0.3) is 72.7 Å². The smallest absolute Gasteiger partial charge is 0.149 e. The van der Waals surface area contributed by atoms with Gasteiger partial charge in [0.2, 0.25) is 0 Å². The molecule has 2 heterocycles. The first-order chi connectivity index (χ1) is 28.8. The Labute approximate surface area is 362 Å². The molecular weight excluding hydrogens is 743 g/mol. The highest BCUT2D eigenvalue weighted by atomic mass is 16.3. The fourth-order valence-corrected chi connectivity index (χ4v) is 9.42. The van der Waals surface area contributed by atoms with Crippen LogP contribution in [0, 0.1) is 0 Å². The van der Waals surface area contributed by atoms with Crippen molar-refractivity contribution in [1.82, 2.24) is 14.5 Å². The largest absolute Gasteiger partial charge is 0.507 e. The maximum absolute atomic E-state index is 12.6. The van der Waals surface area contributed by atoms with Crippen molar-refractivity contribution in [3.63, 3.8) is 0 Å². The monoisotopic (exact) mass is 799 g/mol. The lowest BCUT2D eigenvalue weighted by Gasteiger charge is -2.28. The van der Waals surface area contributed by atoms with E-state index < -0.39 is 0 Å². The summed E-state index contributed by atoms with van der Waals surface area (Å²) >= 11 is 0. The molecule has 8 aromatic rings. The molecule has 0 unspecified atom stereocenters. The lowest BCUT2D eigenvalue weighted by atomic mass is 9.78. The summed E-state index contributed by atoms with van der Waals surface area (Å²) in [4.78, 5) is 10.6. The molecule has 0 saturated heterocycles. The van der Waals surface area contributed by atoms with Crippen LogP contribution in [0.3, 0.4) is 0 Å². The van der Waals surface area contributed by atoms with Crippen LogP contribution in [0.5, 0.6) is 5.75 Å². The summed E-state index contributed by atoms with van der Waals surface area (Å²) in [6.07, 6.45) is 1.87. The number of benzene rings is 6. The molecule has 0 fully saturated rings. The Morgan fingerprint density at radius 1 is 0.525 bits per heavy atom. The molecule has 0 aliphatic heterocycles. The topological polar surface area (TPSA) is 50.9 Å². The first-order valence-corrected chi connectivity index (χ1v) is 21.6. The molecule has 4 heteroatoms. The predicted molar refractivity (Wildman–Crippen MR) is 256 cm³/mol. The number of fused-ring (bicyclic) bond motifs is 4. The molecule has 306 valence electrons. The van der Waals surface area contributed by atoms with Gasteiger partial charge in [0.25, 0.3) is 0 Å². The Morgan fingerprint density at radius 3 is 1.84 bits per heavy atom. The van der Waals surface area contributed by atoms with Crippen LogP contribution in [-0.2, 0) is 21.7 Å². The van der Waals surface area contributed by atoms with Gasteiger partial charge in [0.05, 0.1) is 28.0 Å². The van der Waals surface area contributed by atoms with Gasteiger partial charge in [-0.3, -0.25) is 9.55 Å². The summed E-state index contributed by atoms with van der Waals surface area (Å²) in [5.74, 6) is 0.970. The van der Waals surface area contributed by atoms with E-state index in [0.717, 1.165) is 66.9 Å². The van der Waals surface area contributed by atoms with Crippen LogP contribution in [0.4, 0.5) is 0 Å². The van der Waals surface area contributed by atoms with Gasteiger partial charge in [0.15, 0.2) is 0 Å². The maximum atomic E-state index is 12.6. The fourth-order valence-electron chi connectivity index (χ4n) is 9.42. The van der Waals surface area contributed by atoms with E-state index >= 15 is 0 Å². The molecule has 0 bridgehead atoms. The zero-order valence-electron chi connectivity index (χ0n) is 37.6. The number of phenolic OH excluding ortho intramolecular Hbond substituents is 1. The Hall–Kier alpha value is -6.26. The van der Waals surface area contributed by atoms with Gasteiger partial charge in [-0.1, -0.05) is 161 Å². The number of phenols is 1. The third kappa shape index (κ3) is 6.77. The minimum absolute atomic E-state index is 0.0701. The van der Waals surface area contributed by atoms with E-state index in [0.29, 0.717) is 5.82 Å². The second kappa shape index (κ2) is 14.2. The number of hydrogen-bond acceptors (Lipinski definition) is 3. The summed E-state index contributed by atoms with van der Waals surface area (Å²) in [6, 6.07) is 48.1. The second-order valence-electron chi connectivity index (χ2n) is 20.5. The molecule has 0 spiro atoms. The third-order valence-corrected chi connectivity index (χ3v) is 12.8. The SMILES string of the molecule is CC(C)(C)c1ccc(-n2c(-c3cc(C(C)(C)C)cc(C(C)(C)C)c3O)nc3c(-c4cc(-c5ccccn5)cc5c4C(C)(C)c4ccccc4-5)cccc32)c(-c2ccccc2)c1. The normalized spacial score (nSPS) is 13.7. The van der Waals surface area contributed by atoms with Crippen molar-refractivity contribution in [3.05, 3.63) is 167 Å². The average Bonchev–Trinajstić information content (AvgIpc) is 3.72. The molecule has 0 radical (unpaired) electrons. The van der Waals surface area contributed by atoms with Crippen molar-refractivity contribution < 1.29 is 5.11 Å². The first-order valence-electron chi connectivity index (χ1n) is 21.6. The van der Waals surface area contributed by atoms with Gasteiger partial charge in [-0.15, -0.1) is 0 Å². The Balaban J connectivity index is 1.44. The molecule has 2 aromatic heterocycles.